The summed E-state index contributed by atoms with van der Waals surface area (Å²) in [6.45, 7) is 1.02. The van der Waals surface area contributed by atoms with Gasteiger partial charge in [0.25, 0.3) is 0 Å². The van der Waals surface area contributed by atoms with Crippen molar-refractivity contribution in [2.75, 3.05) is 18.4 Å². The predicted octanol–water partition coefficient (Wildman–Crippen LogP) is 4.12. The van der Waals surface area contributed by atoms with Crippen molar-refractivity contribution in [1.82, 2.24) is 5.32 Å². The maximum atomic E-state index is 12.0. The van der Waals surface area contributed by atoms with Crippen LogP contribution in [-0.4, -0.2) is 25.4 Å². The largest absolute Gasteiger partial charge is 0.573 e. The molecule has 1 fully saturated rings. The summed E-state index contributed by atoms with van der Waals surface area (Å²) in [6.07, 6.45) is 1.50. The number of rotatable bonds is 6. The van der Waals surface area contributed by atoms with Crippen molar-refractivity contribution in [2.24, 2.45) is 5.92 Å². The van der Waals surface area contributed by atoms with Crippen molar-refractivity contribution in [3.05, 3.63) is 24.3 Å². The molecule has 0 bridgehead atoms. The third-order valence-electron chi connectivity index (χ3n) is 3.81. The zero-order valence-electron chi connectivity index (χ0n) is 13.2. The smallest absolute Gasteiger partial charge is 0.406 e. The number of nitrogens with one attached hydrogen (secondary N) is 2. The van der Waals surface area contributed by atoms with Gasteiger partial charge < -0.3 is 15.4 Å². The summed E-state index contributed by atoms with van der Waals surface area (Å²) in [7, 11) is 0. The zero-order valence-corrected chi connectivity index (χ0v) is 14.0. The molecule has 24 heavy (non-hydrogen) atoms. The summed E-state index contributed by atoms with van der Waals surface area (Å²) < 4.78 is 39.9. The van der Waals surface area contributed by atoms with E-state index in [1.165, 1.54) is 56.4 Å². The summed E-state index contributed by atoms with van der Waals surface area (Å²) in [6, 6.07) is 5.08. The van der Waals surface area contributed by atoms with E-state index < -0.39 is 6.36 Å². The molecule has 2 N–H and O–H groups in total. The number of ether oxygens (including phenoxy) is 1. The molecule has 2 rings (SSSR count). The van der Waals surface area contributed by atoms with Gasteiger partial charge in [-0.15, -0.1) is 25.6 Å². The van der Waals surface area contributed by atoms with Crippen LogP contribution in [0, 0.1) is 5.92 Å². The van der Waals surface area contributed by atoms with Crippen LogP contribution in [0.2, 0.25) is 0 Å². The molecule has 136 valence electrons. The van der Waals surface area contributed by atoms with Crippen LogP contribution >= 0.6 is 12.4 Å². The lowest BCUT2D eigenvalue weighted by molar-refractivity contribution is -0.274. The standard InChI is InChI=1S/C16H21F3N2O2.ClH/c17-16(18,19)23-14-8-6-13(7-9-14)21-15(22)11-20-10-12-4-2-1-3-5-12;/h6-9,12,20H,1-5,10-11H2,(H,21,22);1H. The van der Waals surface area contributed by atoms with E-state index in [9.17, 15) is 18.0 Å². The average Bonchev–Trinajstić information content (AvgIpc) is 2.49. The molecule has 0 atom stereocenters. The normalized spacial score (nSPS) is 15.5. The molecule has 0 aromatic heterocycles. The van der Waals surface area contributed by atoms with E-state index in [1.54, 1.807) is 0 Å². The van der Waals surface area contributed by atoms with E-state index in [1.807, 2.05) is 0 Å². The van der Waals surface area contributed by atoms with Gasteiger partial charge in [0.15, 0.2) is 0 Å². The summed E-state index contributed by atoms with van der Waals surface area (Å²) in [5.74, 6) is 0.103. The monoisotopic (exact) mass is 366 g/mol. The Bertz CT molecular complexity index is 503. The Morgan fingerprint density at radius 1 is 1.12 bits per heavy atom. The third kappa shape index (κ3) is 7.88. The van der Waals surface area contributed by atoms with Crippen molar-refractivity contribution < 1.29 is 22.7 Å². The highest BCUT2D eigenvalue weighted by Gasteiger charge is 2.30. The van der Waals surface area contributed by atoms with Gasteiger partial charge in [-0.1, -0.05) is 19.3 Å². The second-order valence-electron chi connectivity index (χ2n) is 5.76. The Morgan fingerprint density at radius 3 is 2.33 bits per heavy atom. The summed E-state index contributed by atoms with van der Waals surface area (Å²) >= 11 is 0. The number of amides is 1. The van der Waals surface area contributed by atoms with Crippen molar-refractivity contribution in [1.29, 1.82) is 0 Å². The minimum absolute atomic E-state index is 0. The average molecular weight is 367 g/mol. The van der Waals surface area contributed by atoms with Crippen molar-refractivity contribution >= 4 is 24.0 Å². The highest BCUT2D eigenvalue weighted by Crippen LogP contribution is 2.24. The number of alkyl halides is 3. The summed E-state index contributed by atoms with van der Waals surface area (Å²) in [5.41, 5.74) is 0.434. The number of anilines is 1. The van der Waals surface area contributed by atoms with Crippen LogP contribution in [0.5, 0.6) is 5.75 Å². The molecule has 1 aromatic rings. The van der Waals surface area contributed by atoms with Crippen LogP contribution in [0.3, 0.4) is 0 Å². The molecule has 1 saturated carbocycles. The van der Waals surface area contributed by atoms with Crippen molar-refractivity contribution in [2.45, 2.75) is 38.5 Å². The van der Waals surface area contributed by atoms with Crippen LogP contribution < -0.4 is 15.4 Å². The lowest BCUT2D eigenvalue weighted by atomic mass is 9.89. The summed E-state index contributed by atoms with van der Waals surface area (Å²) in [4.78, 5) is 11.8. The fourth-order valence-corrected chi connectivity index (χ4v) is 2.73. The third-order valence-corrected chi connectivity index (χ3v) is 3.81. The van der Waals surface area contributed by atoms with E-state index in [2.05, 4.69) is 15.4 Å². The molecule has 0 spiro atoms. The molecule has 0 heterocycles. The first-order valence-electron chi connectivity index (χ1n) is 7.79. The van der Waals surface area contributed by atoms with Gasteiger partial charge in [-0.3, -0.25) is 4.79 Å². The highest BCUT2D eigenvalue weighted by molar-refractivity contribution is 5.92. The van der Waals surface area contributed by atoms with E-state index in [0.29, 0.717) is 11.6 Å². The van der Waals surface area contributed by atoms with Crippen LogP contribution in [0.1, 0.15) is 32.1 Å². The minimum atomic E-state index is -4.71. The molecule has 1 aliphatic carbocycles. The zero-order chi connectivity index (χ0) is 16.7. The molecule has 1 amide bonds. The minimum Gasteiger partial charge on any atom is -0.406 e. The molecule has 0 aliphatic heterocycles. The van der Waals surface area contributed by atoms with Gasteiger partial charge in [0, 0.05) is 5.69 Å². The maximum Gasteiger partial charge on any atom is 0.573 e. The lowest BCUT2D eigenvalue weighted by Gasteiger charge is -2.21. The van der Waals surface area contributed by atoms with Crippen LogP contribution in [0.15, 0.2) is 24.3 Å². The van der Waals surface area contributed by atoms with Crippen molar-refractivity contribution in [3.63, 3.8) is 0 Å². The SMILES string of the molecule is Cl.O=C(CNCC1CCCCC1)Nc1ccc(OC(F)(F)F)cc1. The quantitative estimate of drug-likeness (QED) is 0.796. The van der Waals surface area contributed by atoms with Crippen LogP contribution in [-0.2, 0) is 4.79 Å². The molecule has 4 nitrogen and oxygen atoms in total. The topological polar surface area (TPSA) is 50.4 Å². The van der Waals surface area contributed by atoms with Gasteiger partial charge >= 0.3 is 6.36 Å². The first kappa shape index (κ1) is 20.6. The molecular weight excluding hydrogens is 345 g/mol. The number of hydrogen-bond acceptors (Lipinski definition) is 3. The molecule has 8 heteroatoms. The Hall–Kier alpha value is -1.47. The number of carbonyl (C=O) groups excluding carboxylic acids is 1. The molecule has 1 aliphatic rings. The fraction of sp³-hybridized carbons (Fsp3) is 0.562. The highest BCUT2D eigenvalue weighted by atomic mass is 35.5. The summed E-state index contributed by atoms with van der Waals surface area (Å²) in [5, 5.41) is 5.76. The van der Waals surface area contributed by atoms with Gasteiger partial charge in [0.05, 0.1) is 6.54 Å². The number of benzene rings is 1. The van der Waals surface area contributed by atoms with Gasteiger partial charge in [-0.25, -0.2) is 0 Å². The first-order valence-corrected chi connectivity index (χ1v) is 7.79. The van der Waals surface area contributed by atoms with Gasteiger partial charge in [-0.2, -0.15) is 0 Å². The first-order chi connectivity index (χ1) is 10.9. The number of carbonyl (C=O) groups is 1. The number of halogens is 4. The fourth-order valence-electron chi connectivity index (χ4n) is 2.73. The Morgan fingerprint density at radius 2 is 1.75 bits per heavy atom. The Labute approximate surface area is 145 Å². The second kappa shape index (κ2) is 9.74. The molecule has 0 unspecified atom stereocenters. The van der Waals surface area contributed by atoms with E-state index in [4.69, 9.17) is 0 Å². The van der Waals surface area contributed by atoms with Gasteiger partial charge in [0.2, 0.25) is 5.91 Å². The molecular formula is C16H22ClF3N2O2. The Kier molecular flexibility index (Phi) is 8.35. The lowest BCUT2D eigenvalue weighted by Crippen LogP contribution is -2.32. The number of hydrogen-bond donors (Lipinski definition) is 2. The molecule has 0 radical (unpaired) electrons. The van der Waals surface area contributed by atoms with E-state index in [-0.39, 0.29) is 30.6 Å². The van der Waals surface area contributed by atoms with Crippen LogP contribution in [0.25, 0.3) is 0 Å². The van der Waals surface area contributed by atoms with E-state index in [0.717, 1.165) is 6.54 Å². The molecule has 1 aromatic carbocycles. The predicted molar refractivity (Wildman–Crippen MR) is 88.4 cm³/mol. The van der Waals surface area contributed by atoms with Crippen LogP contribution in [0.4, 0.5) is 18.9 Å². The van der Waals surface area contributed by atoms with Crippen molar-refractivity contribution in [3.8, 4) is 5.75 Å². The maximum absolute atomic E-state index is 12.0. The van der Waals surface area contributed by atoms with Gasteiger partial charge in [0.1, 0.15) is 5.75 Å². The second-order valence-corrected chi connectivity index (χ2v) is 5.76. The van der Waals surface area contributed by atoms with Gasteiger partial charge in [-0.05, 0) is 49.6 Å². The Balaban J connectivity index is 0.00000288. The molecule has 0 saturated heterocycles. The van der Waals surface area contributed by atoms with E-state index >= 15 is 0 Å².